The van der Waals surface area contributed by atoms with Crippen LogP contribution in [0.25, 0.3) is 0 Å². The zero-order valence-corrected chi connectivity index (χ0v) is 18.7. The molecule has 2 N–H and O–H groups in total. The van der Waals surface area contributed by atoms with Crippen LogP contribution in [0.5, 0.6) is 0 Å². The molecule has 0 spiro atoms. The van der Waals surface area contributed by atoms with Crippen LogP contribution in [-0.2, 0) is 27.4 Å². The van der Waals surface area contributed by atoms with Crippen LogP contribution in [-0.4, -0.2) is 29.4 Å². The number of ketones is 1. The summed E-state index contributed by atoms with van der Waals surface area (Å²) in [6.45, 7) is 7.50. The molecule has 2 rings (SSSR count). The van der Waals surface area contributed by atoms with Gasteiger partial charge in [-0.05, 0) is 38.3 Å². The average molecular weight is 425 g/mol. The number of rotatable bonds is 9. The molecule has 0 aliphatic carbocycles. The third-order valence-corrected chi connectivity index (χ3v) is 4.63. The molecule has 0 saturated heterocycles. The van der Waals surface area contributed by atoms with Crippen molar-refractivity contribution in [2.75, 3.05) is 0 Å². The van der Waals surface area contributed by atoms with E-state index in [0.717, 1.165) is 11.1 Å². The van der Waals surface area contributed by atoms with Crippen molar-refractivity contribution in [1.29, 1.82) is 0 Å². The third-order valence-electron chi connectivity index (χ3n) is 4.63. The van der Waals surface area contributed by atoms with Gasteiger partial charge in [0.15, 0.2) is 5.78 Å². The highest BCUT2D eigenvalue weighted by Crippen LogP contribution is 2.12. The van der Waals surface area contributed by atoms with Gasteiger partial charge in [-0.15, -0.1) is 0 Å². The van der Waals surface area contributed by atoms with Gasteiger partial charge in [0, 0.05) is 17.9 Å². The summed E-state index contributed by atoms with van der Waals surface area (Å²) in [6, 6.07) is 18.0. The number of hydrogen-bond acceptors (Lipinski definition) is 4. The van der Waals surface area contributed by atoms with Crippen LogP contribution >= 0.6 is 0 Å². The molecule has 0 aliphatic heterocycles. The van der Waals surface area contributed by atoms with Gasteiger partial charge in [-0.3, -0.25) is 9.59 Å². The normalized spacial score (nSPS) is 13.0. The first-order valence-electron chi connectivity index (χ1n) is 10.5. The van der Waals surface area contributed by atoms with E-state index in [-0.39, 0.29) is 30.3 Å². The third kappa shape index (κ3) is 9.03. The molecular weight excluding hydrogens is 392 g/mol. The molecular formula is C25H32N2O4. The number of benzene rings is 2. The van der Waals surface area contributed by atoms with Gasteiger partial charge in [0.1, 0.15) is 6.61 Å². The maximum Gasteiger partial charge on any atom is 0.408 e. The van der Waals surface area contributed by atoms with Gasteiger partial charge in [-0.2, -0.15) is 0 Å². The van der Waals surface area contributed by atoms with Crippen LogP contribution in [0.1, 0.15) is 45.2 Å². The molecule has 2 aromatic rings. The van der Waals surface area contributed by atoms with Gasteiger partial charge in [-0.25, -0.2) is 4.79 Å². The molecule has 0 fully saturated rings. The topological polar surface area (TPSA) is 84.5 Å². The van der Waals surface area contributed by atoms with E-state index >= 15 is 0 Å². The van der Waals surface area contributed by atoms with Crippen LogP contribution in [0.4, 0.5) is 4.79 Å². The van der Waals surface area contributed by atoms with Crippen LogP contribution < -0.4 is 10.6 Å². The molecule has 2 aromatic carbocycles. The molecule has 0 radical (unpaired) electrons. The molecule has 6 nitrogen and oxygen atoms in total. The Morgan fingerprint density at radius 2 is 1.45 bits per heavy atom. The summed E-state index contributed by atoms with van der Waals surface area (Å²) < 4.78 is 5.28. The molecule has 1 unspecified atom stereocenters. The first-order chi connectivity index (χ1) is 14.6. The predicted octanol–water partition coefficient (Wildman–Crippen LogP) is 4.03. The molecule has 0 saturated carbocycles. The summed E-state index contributed by atoms with van der Waals surface area (Å²) in [6.07, 6.45) is -0.309. The number of carbonyl (C=O) groups is 3. The van der Waals surface area contributed by atoms with Crippen molar-refractivity contribution in [3.05, 3.63) is 71.8 Å². The van der Waals surface area contributed by atoms with Gasteiger partial charge in [0.05, 0.1) is 6.04 Å². The number of ether oxygens (including phenoxy) is 1. The van der Waals surface area contributed by atoms with E-state index in [1.54, 1.807) is 6.92 Å². The SMILES string of the molecule is CC(CC(=O)[C@H](Cc1ccccc1)NC(=O)OCc1ccccc1)C(=O)NC(C)(C)C. The Labute approximate surface area is 184 Å². The van der Waals surface area contributed by atoms with E-state index in [0.29, 0.717) is 6.42 Å². The molecule has 6 heteroatoms. The summed E-state index contributed by atoms with van der Waals surface area (Å²) >= 11 is 0. The molecule has 31 heavy (non-hydrogen) atoms. The molecule has 2 amide bonds. The zero-order chi connectivity index (χ0) is 22.9. The Morgan fingerprint density at radius 3 is 2.00 bits per heavy atom. The van der Waals surface area contributed by atoms with Gasteiger partial charge in [0.2, 0.25) is 5.91 Å². The van der Waals surface area contributed by atoms with E-state index < -0.39 is 18.1 Å². The Balaban J connectivity index is 2.02. The fraction of sp³-hybridized carbons (Fsp3) is 0.400. The molecule has 0 bridgehead atoms. The molecule has 2 atom stereocenters. The van der Waals surface area contributed by atoms with Crippen LogP contribution in [0.2, 0.25) is 0 Å². The number of amides is 2. The van der Waals surface area contributed by atoms with E-state index in [1.807, 2.05) is 81.4 Å². The lowest BCUT2D eigenvalue weighted by molar-refractivity contribution is -0.130. The fourth-order valence-corrected chi connectivity index (χ4v) is 3.03. The Kier molecular flexibility index (Phi) is 8.79. The predicted molar refractivity (Wildman–Crippen MR) is 120 cm³/mol. The lowest BCUT2D eigenvalue weighted by atomic mass is 9.94. The van der Waals surface area contributed by atoms with E-state index in [9.17, 15) is 14.4 Å². The van der Waals surface area contributed by atoms with Crippen LogP contribution in [0, 0.1) is 5.92 Å². The number of hydrogen-bond donors (Lipinski definition) is 2. The second-order valence-electron chi connectivity index (χ2n) is 8.76. The molecule has 166 valence electrons. The Bertz CT molecular complexity index is 860. The van der Waals surface area contributed by atoms with Crippen molar-refractivity contribution in [3.63, 3.8) is 0 Å². The largest absolute Gasteiger partial charge is 0.445 e. The average Bonchev–Trinajstić information content (AvgIpc) is 2.72. The monoisotopic (exact) mass is 424 g/mol. The minimum Gasteiger partial charge on any atom is -0.445 e. The zero-order valence-electron chi connectivity index (χ0n) is 18.7. The Hall–Kier alpha value is -3.15. The van der Waals surface area contributed by atoms with Gasteiger partial charge in [-0.1, -0.05) is 67.6 Å². The number of nitrogens with one attached hydrogen (secondary N) is 2. The van der Waals surface area contributed by atoms with Gasteiger partial charge < -0.3 is 15.4 Å². The quantitative estimate of drug-likeness (QED) is 0.636. The summed E-state index contributed by atoms with van der Waals surface area (Å²) in [4.78, 5) is 37.7. The van der Waals surface area contributed by atoms with Crippen molar-refractivity contribution in [2.24, 2.45) is 5.92 Å². The standard InChI is InChI=1S/C25H32N2O4/c1-18(23(29)27-25(2,3)4)15-22(28)21(16-19-11-7-5-8-12-19)26-24(30)31-17-20-13-9-6-10-14-20/h5-14,18,21H,15-17H2,1-4H3,(H,26,30)(H,27,29)/t18?,21-/m0/s1. The number of Topliss-reactive ketones (excluding diaryl/α,β-unsaturated/α-hetero) is 1. The smallest absolute Gasteiger partial charge is 0.408 e. The minimum absolute atomic E-state index is 0.0262. The lowest BCUT2D eigenvalue weighted by Crippen LogP contribution is -2.46. The summed E-state index contributed by atoms with van der Waals surface area (Å²) in [5.41, 5.74) is 1.39. The van der Waals surface area contributed by atoms with Gasteiger partial charge in [0.25, 0.3) is 0 Å². The highest BCUT2D eigenvalue weighted by Gasteiger charge is 2.27. The van der Waals surface area contributed by atoms with Crippen molar-refractivity contribution in [2.45, 2.75) is 58.7 Å². The van der Waals surface area contributed by atoms with E-state index in [4.69, 9.17) is 4.74 Å². The first kappa shape index (κ1) is 24.1. The van der Waals surface area contributed by atoms with Crippen LogP contribution in [0.15, 0.2) is 60.7 Å². The Morgan fingerprint density at radius 1 is 0.903 bits per heavy atom. The highest BCUT2D eigenvalue weighted by molar-refractivity contribution is 5.91. The summed E-state index contributed by atoms with van der Waals surface area (Å²) in [5, 5.41) is 5.57. The maximum atomic E-state index is 13.0. The van der Waals surface area contributed by atoms with Crippen molar-refractivity contribution in [3.8, 4) is 0 Å². The fourth-order valence-electron chi connectivity index (χ4n) is 3.03. The van der Waals surface area contributed by atoms with Crippen molar-refractivity contribution in [1.82, 2.24) is 10.6 Å². The van der Waals surface area contributed by atoms with Crippen molar-refractivity contribution < 1.29 is 19.1 Å². The lowest BCUT2D eigenvalue weighted by Gasteiger charge is -2.24. The number of carbonyl (C=O) groups excluding carboxylic acids is 3. The summed E-state index contributed by atoms with van der Waals surface area (Å²) in [5.74, 6) is -0.907. The first-order valence-corrected chi connectivity index (χ1v) is 10.5. The second-order valence-corrected chi connectivity index (χ2v) is 8.76. The summed E-state index contributed by atoms with van der Waals surface area (Å²) in [7, 11) is 0. The van der Waals surface area contributed by atoms with Crippen LogP contribution in [0.3, 0.4) is 0 Å². The number of alkyl carbamates (subject to hydrolysis) is 1. The molecule has 0 heterocycles. The maximum absolute atomic E-state index is 13.0. The van der Waals surface area contributed by atoms with Crippen molar-refractivity contribution >= 4 is 17.8 Å². The molecule has 0 aliphatic rings. The second kappa shape index (κ2) is 11.3. The van der Waals surface area contributed by atoms with Gasteiger partial charge >= 0.3 is 6.09 Å². The molecule has 0 aromatic heterocycles. The van der Waals surface area contributed by atoms with E-state index in [1.165, 1.54) is 0 Å². The minimum atomic E-state index is -0.782. The highest BCUT2D eigenvalue weighted by atomic mass is 16.5. The van der Waals surface area contributed by atoms with E-state index in [2.05, 4.69) is 10.6 Å².